The molecular weight excluding hydrogens is 286 g/mol. The number of carbonyl (C=O) groups is 1. The molecule has 2 bridgehead atoms. The number of nitrogens with zero attached hydrogens (tertiary/aromatic N) is 1. The molecular formula is C20H21NO2. The topological polar surface area (TPSA) is 29.5 Å². The molecule has 4 rings (SSSR count). The summed E-state index contributed by atoms with van der Waals surface area (Å²) in [7, 11) is 1.68. The van der Waals surface area contributed by atoms with Crippen LogP contribution in [0, 0.1) is 5.92 Å². The second-order valence-corrected chi connectivity index (χ2v) is 6.61. The lowest BCUT2D eigenvalue weighted by molar-refractivity contribution is -0.133. The Hall–Kier alpha value is -2.13. The summed E-state index contributed by atoms with van der Waals surface area (Å²) >= 11 is 0. The van der Waals surface area contributed by atoms with Crippen molar-refractivity contribution in [2.75, 3.05) is 7.11 Å². The summed E-state index contributed by atoms with van der Waals surface area (Å²) in [4.78, 5) is 15.2. The van der Waals surface area contributed by atoms with Gasteiger partial charge < -0.3 is 4.74 Å². The first-order valence-electron chi connectivity index (χ1n) is 8.20. The van der Waals surface area contributed by atoms with Crippen molar-refractivity contribution >= 4 is 5.78 Å². The summed E-state index contributed by atoms with van der Waals surface area (Å²) in [6, 6.07) is 16.9. The predicted octanol–water partition coefficient (Wildman–Crippen LogP) is 3.90. The van der Waals surface area contributed by atoms with Gasteiger partial charge in [0.2, 0.25) is 0 Å². The van der Waals surface area contributed by atoms with Crippen LogP contribution in [0.5, 0.6) is 5.75 Å². The van der Waals surface area contributed by atoms with Crippen molar-refractivity contribution in [3.63, 3.8) is 0 Å². The average Bonchev–Trinajstić information content (AvgIpc) is 2.82. The van der Waals surface area contributed by atoms with E-state index in [0.29, 0.717) is 11.8 Å². The van der Waals surface area contributed by atoms with Crippen molar-refractivity contribution in [3.05, 3.63) is 65.2 Å². The number of ketones is 1. The minimum atomic E-state index is -0.0814. The molecule has 2 aliphatic rings. The molecule has 118 valence electrons. The molecule has 3 unspecified atom stereocenters. The molecule has 2 heterocycles. The van der Waals surface area contributed by atoms with Gasteiger partial charge in [-0.25, -0.2) is 0 Å². The Morgan fingerprint density at radius 1 is 1.09 bits per heavy atom. The van der Waals surface area contributed by atoms with Crippen molar-refractivity contribution in [3.8, 4) is 5.75 Å². The standard InChI is InChI=1S/C20H21NO2/c1-13-11-18-16-5-3-4-6-17(16)19(20(13)22)21(18)12-14-7-9-15(23-2)10-8-14/h3-10,13,18-19H,11-12H2,1-2H3. The van der Waals surface area contributed by atoms with Crippen molar-refractivity contribution < 1.29 is 9.53 Å². The van der Waals surface area contributed by atoms with Gasteiger partial charge >= 0.3 is 0 Å². The van der Waals surface area contributed by atoms with E-state index in [1.165, 1.54) is 16.7 Å². The first kappa shape index (κ1) is 14.5. The number of benzene rings is 2. The van der Waals surface area contributed by atoms with Crippen molar-refractivity contribution in [1.82, 2.24) is 4.90 Å². The van der Waals surface area contributed by atoms with Crippen LogP contribution in [0.1, 0.15) is 42.1 Å². The summed E-state index contributed by atoms with van der Waals surface area (Å²) in [6.07, 6.45) is 0.919. The Kier molecular flexibility index (Phi) is 3.46. The van der Waals surface area contributed by atoms with Crippen LogP contribution < -0.4 is 4.74 Å². The van der Waals surface area contributed by atoms with E-state index in [4.69, 9.17) is 4.74 Å². The third-order valence-electron chi connectivity index (χ3n) is 5.24. The van der Waals surface area contributed by atoms with Crippen LogP contribution >= 0.6 is 0 Å². The summed E-state index contributed by atoms with van der Waals surface area (Å²) in [6.45, 7) is 2.87. The van der Waals surface area contributed by atoms with Gasteiger partial charge in [0.25, 0.3) is 0 Å². The number of piperidine rings is 1. The molecule has 0 aliphatic carbocycles. The van der Waals surface area contributed by atoms with Crippen LogP contribution in [0.3, 0.4) is 0 Å². The SMILES string of the molecule is COc1ccc(CN2C3CC(C)C(=O)C2c2ccccc23)cc1. The normalized spacial score (nSPS) is 26.2. The number of rotatable bonds is 3. The van der Waals surface area contributed by atoms with Crippen molar-refractivity contribution in [2.24, 2.45) is 5.92 Å². The third-order valence-corrected chi connectivity index (χ3v) is 5.24. The first-order valence-corrected chi connectivity index (χ1v) is 8.20. The molecule has 0 aromatic heterocycles. The molecule has 2 aromatic carbocycles. The van der Waals surface area contributed by atoms with Crippen molar-refractivity contribution in [2.45, 2.75) is 32.0 Å². The molecule has 0 amide bonds. The van der Waals surface area contributed by atoms with Gasteiger partial charge in [-0.1, -0.05) is 43.3 Å². The fourth-order valence-electron chi connectivity index (χ4n) is 4.04. The Labute approximate surface area is 136 Å². The van der Waals surface area contributed by atoms with E-state index in [1.807, 2.05) is 18.2 Å². The van der Waals surface area contributed by atoms with Gasteiger partial charge in [-0.3, -0.25) is 9.69 Å². The van der Waals surface area contributed by atoms with E-state index in [9.17, 15) is 4.79 Å². The second kappa shape index (κ2) is 5.50. The molecule has 3 atom stereocenters. The zero-order valence-electron chi connectivity index (χ0n) is 13.5. The maximum atomic E-state index is 12.8. The maximum Gasteiger partial charge on any atom is 0.157 e. The lowest BCUT2D eigenvalue weighted by Crippen LogP contribution is -2.39. The predicted molar refractivity (Wildman–Crippen MR) is 89.2 cm³/mol. The van der Waals surface area contributed by atoms with Crippen LogP contribution in [-0.2, 0) is 11.3 Å². The van der Waals surface area contributed by atoms with E-state index in [1.54, 1.807) is 7.11 Å². The van der Waals surface area contributed by atoms with Gasteiger partial charge in [0.1, 0.15) is 5.75 Å². The van der Waals surface area contributed by atoms with E-state index >= 15 is 0 Å². The average molecular weight is 307 g/mol. The number of hydrogen-bond acceptors (Lipinski definition) is 3. The molecule has 2 aliphatic heterocycles. The fourth-order valence-corrected chi connectivity index (χ4v) is 4.04. The highest BCUT2D eigenvalue weighted by atomic mass is 16.5. The second-order valence-electron chi connectivity index (χ2n) is 6.61. The third kappa shape index (κ3) is 2.27. The summed E-state index contributed by atoms with van der Waals surface area (Å²) < 4.78 is 5.23. The molecule has 1 saturated heterocycles. The molecule has 3 heteroatoms. The highest BCUT2D eigenvalue weighted by Gasteiger charge is 2.48. The molecule has 2 aromatic rings. The lowest BCUT2D eigenvalue weighted by Gasteiger charge is -2.37. The van der Waals surface area contributed by atoms with Crippen LogP contribution in [0.15, 0.2) is 48.5 Å². The number of carbonyl (C=O) groups excluding carboxylic acids is 1. The molecule has 1 fully saturated rings. The number of ether oxygens (including phenoxy) is 1. The summed E-state index contributed by atoms with van der Waals surface area (Å²) in [5.74, 6) is 1.37. The maximum absolute atomic E-state index is 12.8. The van der Waals surface area contributed by atoms with Gasteiger partial charge in [-0.15, -0.1) is 0 Å². The number of fused-ring (bicyclic) bond motifs is 5. The van der Waals surface area contributed by atoms with Gasteiger partial charge in [-0.2, -0.15) is 0 Å². The Bertz CT molecular complexity index is 738. The van der Waals surface area contributed by atoms with Gasteiger partial charge in [0, 0.05) is 18.5 Å². The van der Waals surface area contributed by atoms with Crippen LogP contribution in [-0.4, -0.2) is 17.8 Å². The monoisotopic (exact) mass is 307 g/mol. The van der Waals surface area contributed by atoms with Crippen LogP contribution in [0.25, 0.3) is 0 Å². The molecule has 3 nitrogen and oxygen atoms in total. The summed E-state index contributed by atoms with van der Waals surface area (Å²) in [5.41, 5.74) is 3.76. The Morgan fingerprint density at radius 3 is 2.48 bits per heavy atom. The van der Waals surface area contributed by atoms with E-state index < -0.39 is 0 Å². The van der Waals surface area contributed by atoms with Gasteiger partial charge in [0.05, 0.1) is 13.2 Å². The molecule has 0 radical (unpaired) electrons. The van der Waals surface area contributed by atoms with Crippen LogP contribution in [0.4, 0.5) is 0 Å². The molecule has 0 N–H and O–H groups in total. The van der Waals surface area contributed by atoms with Crippen molar-refractivity contribution in [1.29, 1.82) is 0 Å². The zero-order valence-corrected chi connectivity index (χ0v) is 13.5. The smallest absolute Gasteiger partial charge is 0.157 e. The Morgan fingerprint density at radius 2 is 1.78 bits per heavy atom. The fraction of sp³-hybridized carbons (Fsp3) is 0.350. The molecule has 0 saturated carbocycles. The molecule has 0 spiro atoms. The first-order chi connectivity index (χ1) is 11.2. The summed E-state index contributed by atoms with van der Waals surface area (Å²) in [5, 5.41) is 0. The number of hydrogen-bond donors (Lipinski definition) is 0. The highest BCUT2D eigenvalue weighted by Crippen LogP contribution is 2.51. The van der Waals surface area contributed by atoms with Crippen LogP contribution in [0.2, 0.25) is 0 Å². The van der Waals surface area contributed by atoms with Gasteiger partial charge in [0.15, 0.2) is 5.78 Å². The van der Waals surface area contributed by atoms with E-state index in [2.05, 4.69) is 42.2 Å². The largest absolute Gasteiger partial charge is 0.497 e. The minimum Gasteiger partial charge on any atom is -0.497 e. The number of Topliss-reactive ketones (excluding diaryl/α,β-unsaturated/α-hetero) is 1. The quantitative estimate of drug-likeness (QED) is 0.861. The van der Waals surface area contributed by atoms with E-state index in [-0.39, 0.29) is 12.0 Å². The van der Waals surface area contributed by atoms with Gasteiger partial charge in [-0.05, 0) is 35.2 Å². The minimum absolute atomic E-state index is 0.0814. The number of methoxy groups -OCH3 is 1. The van der Waals surface area contributed by atoms with E-state index in [0.717, 1.165) is 18.7 Å². The highest BCUT2D eigenvalue weighted by molar-refractivity contribution is 5.90. The zero-order chi connectivity index (χ0) is 16.0. The molecule has 23 heavy (non-hydrogen) atoms. The lowest BCUT2D eigenvalue weighted by atomic mass is 9.89. The Balaban J connectivity index is 1.68.